The van der Waals surface area contributed by atoms with Crippen molar-refractivity contribution in [1.82, 2.24) is 14.8 Å². The molecule has 0 saturated carbocycles. The summed E-state index contributed by atoms with van der Waals surface area (Å²) in [6, 6.07) is 3.68. The predicted octanol–water partition coefficient (Wildman–Crippen LogP) is 3.28. The lowest BCUT2D eigenvalue weighted by Crippen LogP contribution is -2.56. The van der Waals surface area contributed by atoms with E-state index < -0.39 is 5.60 Å². The van der Waals surface area contributed by atoms with Crippen molar-refractivity contribution in [2.45, 2.75) is 59.8 Å². The Balaban J connectivity index is 1.88. The maximum atomic E-state index is 12.4. The molecule has 1 aliphatic rings. The van der Waals surface area contributed by atoms with Crippen LogP contribution >= 0.6 is 0 Å². The molecule has 2 amide bonds. The SMILES string of the molecule is Cc1cc(COC(=O)N2CCN(C(=O)OC(C)(C)C)CC2C)cc(C)n1. The Bertz CT molecular complexity index is 649. The van der Waals surface area contributed by atoms with E-state index >= 15 is 0 Å². The molecule has 1 aromatic heterocycles. The topological polar surface area (TPSA) is 72.0 Å². The minimum absolute atomic E-state index is 0.135. The summed E-state index contributed by atoms with van der Waals surface area (Å²) in [6.07, 6.45) is -0.714. The smallest absolute Gasteiger partial charge is 0.410 e. The Morgan fingerprint density at radius 1 is 1.15 bits per heavy atom. The van der Waals surface area contributed by atoms with Gasteiger partial charge in [-0.25, -0.2) is 9.59 Å². The summed E-state index contributed by atoms with van der Waals surface area (Å²) >= 11 is 0. The second-order valence-corrected chi connectivity index (χ2v) is 7.78. The van der Waals surface area contributed by atoms with Gasteiger partial charge < -0.3 is 19.3 Å². The first-order valence-corrected chi connectivity index (χ1v) is 8.90. The Morgan fingerprint density at radius 3 is 2.31 bits per heavy atom. The minimum Gasteiger partial charge on any atom is -0.445 e. The van der Waals surface area contributed by atoms with Gasteiger partial charge in [-0.1, -0.05) is 0 Å². The maximum absolute atomic E-state index is 12.4. The zero-order valence-corrected chi connectivity index (χ0v) is 16.5. The van der Waals surface area contributed by atoms with Crippen molar-refractivity contribution < 1.29 is 19.1 Å². The summed E-state index contributed by atoms with van der Waals surface area (Å²) in [5, 5.41) is 0. The molecule has 26 heavy (non-hydrogen) atoms. The van der Waals surface area contributed by atoms with Gasteiger partial charge in [0.25, 0.3) is 0 Å². The van der Waals surface area contributed by atoms with Crippen LogP contribution in [0.1, 0.15) is 44.6 Å². The summed E-state index contributed by atoms with van der Waals surface area (Å²) in [6.45, 7) is 12.7. The van der Waals surface area contributed by atoms with Crippen molar-refractivity contribution in [2.24, 2.45) is 0 Å². The average molecular weight is 363 g/mol. The Kier molecular flexibility index (Phi) is 6.10. The number of aromatic nitrogens is 1. The molecule has 1 fully saturated rings. The van der Waals surface area contributed by atoms with Gasteiger partial charge in [0.15, 0.2) is 0 Å². The number of pyridine rings is 1. The molecule has 2 heterocycles. The van der Waals surface area contributed by atoms with Gasteiger partial charge in [-0.3, -0.25) is 4.98 Å². The van der Waals surface area contributed by atoms with E-state index in [0.717, 1.165) is 17.0 Å². The standard InChI is InChI=1S/C19H29N3O4/c1-13-9-16(10-14(2)20-13)12-25-18(24)22-8-7-21(11-15(22)3)17(23)26-19(4,5)6/h9-10,15H,7-8,11-12H2,1-6H3. The number of hydrogen-bond acceptors (Lipinski definition) is 5. The quantitative estimate of drug-likeness (QED) is 0.806. The first kappa shape index (κ1) is 20.0. The number of ether oxygens (including phenoxy) is 2. The number of nitrogens with zero attached hydrogens (tertiary/aromatic N) is 3. The Morgan fingerprint density at radius 2 is 1.77 bits per heavy atom. The van der Waals surface area contributed by atoms with Crippen LogP contribution < -0.4 is 0 Å². The van der Waals surface area contributed by atoms with E-state index in [-0.39, 0.29) is 24.8 Å². The third kappa shape index (κ3) is 5.61. The normalized spacial score (nSPS) is 17.8. The highest BCUT2D eigenvalue weighted by Gasteiger charge is 2.32. The van der Waals surface area contributed by atoms with Crippen LogP contribution in [0.25, 0.3) is 0 Å². The molecule has 7 heteroatoms. The van der Waals surface area contributed by atoms with Gasteiger partial charge in [-0.2, -0.15) is 0 Å². The Hall–Kier alpha value is -2.31. The van der Waals surface area contributed by atoms with Crippen molar-refractivity contribution in [1.29, 1.82) is 0 Å². The van der Waals surface area contributed by atoms with E-state index in [2.05, 4.69) is 4.98 Å². The molecule has 2 rings (SSSR count). The summed E-state index contributed by atoms with van der Waals surface area (Å²) in [5.41, 5.74) is 2.19. The molecule has 1 atom stereocenters. The summed E-state index contributed by atoms with van der Waals surface area (Å²) in [4.78, 5) is 32.2. The molecule has 0 radical (unpaired) electrons. The molecule has 1 aromatic rings. The van der Waals surface area contributed by atoms with Crippen LogP contribution in [0.5, 0.6) is 0 Å². The van der Waals surface area contributed by atoms with Crippen LogP contribution in [0.15, 0.2) is 12.1 Å². The number of piperazine rings is 1. The Labute approximate surface area is 155 Å². The fraction of sp³-hybridized carbons (Fsp3) is 0.632. The zero-order chi connectivity index (χ0) is 19.5. The van der Waals surface area contributed by atoms with Crippen LogP contribution in [-0.2, 0) is 16.1 Å². The fourth-order valence-electron chi connectivity index (χ4n) is 2.95. The number of amides is 2. The van der Waals surface area contributed by atoms with E-state index in [1.807, 2.05) is 53.7 Å². The van der Waals surface area contributed by atoms with E-state index in [1.54, 1.807) is 9.80 Å². The van der Waals surface area contributed by atoms with Crippen molar-refractivity contribution in [3.63, 3.8) is 0 Å². The van der Waals surface area contributed by atoms with E-state index in [1.165, 1.54) is 0 Å². The lowest BCUT2D eigenvalue weighted by atomic mass is 10.2. The van der Waals surface area contributed by atoms with Gasteiger partial charge in [0.1, 0.15) is 12.2 Å². The molecule has 0 aromatic carbocycles. The van der Waals surface area contributed by atoms with Gasteiger partial charge >= 0.3 is 12.2 Å². The van der Waals surface area contributed by atoms with Crippen molar-refractivity contribution >= 4 is 12.2 Å². The molecule has 0 bridgehead atoms. The van der Waals surface area contributed by atoms with E-state index in [0.29, 0.717) is 19.6 Å². The van der Waals surface area contributed by atoms with Crippen LogP contribution in [0.2, 0.25) is 0 Å². The number of hydrogen-bond donors (Lipinski definition) is 0. The summed E-state index contributed by atoms with van der Waals surface area (Å²) < 4.78 is 10.8. The van der Waals surface area contributed by atoms with E-state index in [4.69, 9.17) is 9.47 Å². The first-order chi connectivity index (χ1) is 12.0. The highest BCUT2D eigenvalue weighted by Crippen LogP contribution is 2.16. The minimum atomic E-state index is -0.531. The lowest BCUT2D eigenvalue weighted by Gasteiger charge is -2.39. The zero-order valence-electron chi connectivity index (χ0n) is 16.5. The van der Waals surface area contributed by atoms with Gasteiger partial charge in [0, 0.05) is 31.0 Å². The second-order valence-electron chi connectivity index (χ2n) is 7.78. The molecular formula is C19H29N3O4. The number of carbonyl (C=O) groups excluding carboxylic acids is 2. The molecule has 7 nitrogen and oxygen atoms in total. The molecule has 0 spiro atoms. The van der Waals surface area contributed by atoms with Crippen LogP contribution in [0, 0.1) is 13.8 Å². The lowest BCUT2D eigenvalue weighted by molar-refractivity contribution is 0.00329. The summed E-state index contributed by atoms with van der Waals surface area (Å²) in [5.74, 6) is 0. The van der Waals surface area contributed by atoms with Gasteiger partial charge in [0.2, 0.25) is 0 Å². The molecule has 144 valence electrons. The van der Waals surface area contributed by atoms with Crippen molar-refractivity contribution in [3.8, 4) is 0 Å². The molecule has 1 aliphatic heterocycles. The second kappa shape index (κ2) is 7.93. The van der Waals surface area contributed by atoms with Gasteiger partial charge in [-0.15, -0.1) is 0 Å². The van der Waals surface area contributed by atoms with Crippen molar-refractivity contribution in [2.75, 3.05) is 19.6 Å². The number of rotatable bonds is 2. The first-order valence-electron chi connectivity index (χ1n) is 8.90. The van der Waals surface area contributed by atoms with E-state index in [9.17, 15) is 9.59 Å². The van der Waals surface area contributed by atoms with Crippen LogP contribution in [0.3, 0.4) is 0 Å². The molecule has 0 N–H and O–H groups in total. The largest absolute Gasteiger partial charge is 0.445 e. The maximum Gasteiger partial charge on any atom is 0.410 e. The predicted molar refractivity (Wildman–Crippen MR) is 97.9 cm³/mol. The van der Waals surface area contributed by atoms with Crippen LogP contribution in [0.4, 0.5) is 9.59 Å². The van der Waals surface area contributed by atoms with Crippen LogP contribution in [-0.4, -0.2) is 58.2 Å². The summed E-state index contributed by atoms with van der Waals surface area (Å²) in [7, 11) is 0. The highest BCUT2D eigenvalue weighted by molar-refractivity contribution is 5.71. The molecule has 0 aliphatic carbocycles. The third-order valence-electron chi connectivity index (χ3n) is 4.02. The highest BCUT2D eigenvalue weighted by atomic mass is 16.6. The molecule has 1 saturated heterocycles. The molecule has 1 unspecified atom stereocenters. The van der Waals surface area contributed by atoms with Gasteiger partial charge in [0.05, 0.1) is 6.04 Å². The van der Waals surface area contributed by atoms with Crippen molar-refractivity contribution in [3.05, 3.63) is 29.1 Å². The molecular weight excluding hydrogens is 334 g/mol. The fourth-order valence-corrected chi connectivity index (χ4v) is 2.95. The average Bonchev–Trinajstić information content (AvgIpc) is 2.50. The van der Waals surface area contributed by atoms with Gasteiger partial charge in [-0.05, 0) is 59.2 Å². The number of carbonyl (C=O) groups is 2. The number of aryl methyl sites for hydroxylation is 2. The monoisotopic (exact) mass is 363 g/mol. The third-order valence-corrected chi connectivity index (χ3v) is 4.02.